The minimum Gasteiger partial charge on any atom is -0.386 e. The molecule has 0 bridgehead atoms. The lowest BCUT2D eigenvalue weighted by Gasteiger charge is -2.08. The maximum absolute atomic E-state index is 12.0. The van der Waals surface area contributed by atoms with Crippen molar-refractivity contribution in [3.05, 3.63) is 76.0 Å². The number of rotatable bonds is 6. The minimum atomic E-state index is -0.466. The van der Waals surface area contributed by atoms with Gasteiger partial charge in [-0.15, -0.1) is 0 Å². The smallest absolute Gasteiger partial charge is 0.271 e. The molecule has 2 aromatic rings. The number of nitrogens with one attached hydrogen (secondary N) is 2. The fourth-order valence-corrected chi connectivity index (χ4v) is 2.00. The number of benzene rings is 2. The second-order valence-corrected chi connectivity index (χ2v) is 4.94. The van der Waals surface area contributed by atoms with E-state index in [1.807, 2.05) is 19.1 Å². The fraction of sp³-hybridized carbons (Fsp3) is 0.118. The number of nitro groups is 1. The van der Waals surface area contributed by atoms with Crippen molar-refractivity contribution in [1.82, 2.24) is 0 Å². The molecule has 23 heavy (non-hydrogen) atoms. The van der Waals surface area contributed by atoms with Gasteiger partial charge in [-0.3, -0.25) is 14.9 Å². The van der Waals surface area contributed by atoms with Crippen molar-refractivity contribution in [2.75, 3.05) is 17.7 Å². The topological polar surface area (TPSA) is 84.3 Å². The molecule has 2 N–H and O–H groups in total. The van der Waals surface area contributed by atoms with Gasteiger partial charge in [0.2, 0.25) is 0 Å². The maximum atomic E-state index is 12.0. The van der Waals surface area contributed by atoms with Gasteiger partial charge >= 0.3 is 0 Å². The van der Waals surface area contributed by atoms with Crippen LogP contribution in [0.3, 0.4) is 0 Å². The Hall–Kier alpha value is -3.15. The normalized spacial score (nSPS) is 10.5. The Kier molecular flexibility index (Phi) is 5.09. The molecule has 2 aromatic carbocycles. The molecular formula is C17H17N3O3. The quantitative estimate of drug-likeness (QED) is 0.367. The van der Waals surface area contributed by atoms with Crippen molar-refractivity contribution in [2.45, 2.75) is 6.92 Å². The minimum absolute atomic E-state index is 0.0234. The molecule has 0 saturated heterocycles. The summed E-state index contributed by atoms with van der Waals surface area (Å²) in [7, 11) is 1.72. The fourth-order valence-electron chi connectivity index (χ4n) is 2.00. The Morgan fingerprint density at radius 1 is 1.13 bits per heavy atom. The van der Waals surface area contributed by atoms with Crippen molar-refractivity contribution in [2.24, 2.45) is 0 Å². The highest BCUT2D eigenvalue weighted by atomic mass is 16.6. The molecule has 6 heteroatoms. The predicted molar refractivity (Wildman–Crippen MR) is 90.9 cm³/mol. The van der Waals surface area contributed by atoms with Gasteiger partial charge in [-0.1, -0.05) is 29.8 Å². The lowest BCUT2D eigenvalue weighted by atomic mass is 10.1. The molecule has 0 amide bonds. The standard InChI is InChI=1S/C17H17N3O3/c1-12-3-5-13(6-4-12)17(21)9-10-19-16-11-14(20(22)23)7-8-15(16)18-2/h3-11,18-19H,1-2H3. The van der Waals surface area contributed by atoms with Crippen LogP contribution in [0.5, 0.6) is 0 Å². The Labute approximate surface area is 134 Å². The SMILES string of the molecule is CNc1ccc([N+](=O)[O-])cc1NC=CC(=O)c1ccc(C)cc1. The summed E-state index contributed by atoms with van der Waals surface area (Å²) in [6.45, 7) is 1.95. The van der Waals surface area contributed by atoms with Crippen molar-refractivity contribution in [3.63, 3.8) is 0 Å². The van der Waals surface area contributed by atoms with Gasteiger partial charge in [0.05, 0.1) is 16.3 Å². The molecule has 0 aliphatic carbocycles. The number of allylic oxidation sites excluding steroid dienone is 1. The Morgan fingerprint density at radius 3 is 2.43 bits per heavy atom. The van der Waals surface area contributed by atoms with Crippen molar-refractivity contribution in [1.29, 1.82) is 0 Å². The van der Waals surface area contributed by atoms with Gasteiger partial charge in [0, 0.05) is 37.0 Å². The summed E-state index contributed by atoms with van der Waals surface area (Å²) in [6.07, 6.45) is 2.87. The molecule has 0 atom stereocenters. The highest BCUT2D eigenvalue weighted by Gasteiger charge is 2.09. The van der Waals surface area contributed by atoms with Crippen molar-refractivity contribution >= 4 is 22.8 Å². The monoisotopic (exact) mass is 311 g/mol. The number of carbonyl (C=O) groups is 1. The number of nitro benzene ring substituents is 1. The third kappa shape index (κ3) is 4.16. The van der Waals surface area contributed by atoms with Crippen LogP contribution < -0.4 is 10.6 Å². The molecule has 6 nitrogen and oxygen atoms in total. The molecule has 0 aromatic heterocycles. The Bertz CT molecular complexity index is 752. The number of non-ortho nitro benzene ring substituents is 1. The molecule has 0 aliphatic heterocycles. The van der Waals surface area contributed by atoms with Crippen LogP contribution in [0.25, 0.3) is 0 Å². The first-order valence-electron chi connectivity index (χ1n) is 7.01. The number of hydrogen-bond acceptors (Lipinski definition) is 5. The third-order valence-electron chi connectivity index (χ3n) is 3.29. The van der Waals surface area contributed by atoms with Gasteiger partial charge in [-0.25, -0.2) is 0 Å². The molecule has 0 radical (unpaired) electrons. The first-order valence-corrected chi connectivity index (χ1v) is 7.01. The molecule has 118 valence electrons. The van der Waals surface area contributed by atoms with Gasteiger partial charge in [0.25, 0.3) is 5.69 Å². The van der Waals surface area contributed by atoms with Crippen molar-refractivity contribution in [3.8, 4) is 0 Å². The van der Waals surface area contributed by atoms with Crippen LogP contribution in [-0.4, -0.2) is 17.8 Å². The van der Waals surface area contributed by atoms with Gasteiger partial charge in [0.1, 0.15) is 0 Å². The van der Waals surface area contributed by atoms with Crippen LogP contribution in [-0.2, 0) is 0 Å². The highest BCUT2D eigenvalue weighted by Crippen LogP contribution is 2.26. The second-order valence-electron chi connectivity index (χ2n) is 4.94. The molecule has 0 saturated carbocycles. The van der Waals surface area contributed by atoms with E-state index < -0.39 is 4.92 Å². The number of carbonyl (C=O) groups excluding carboxylic acids is 1. The van der Waals surface area contributed by atoms with Crippen LogP contribution in [0, 0.1) is 17.0 Å². The van der Waals surface area contributed by atoms with Crippen LogP contribution in [0.1, 0.15) is 15.9 Å². The second kappa shape index (κ2) is 7.22. The van der Waals surface area contributed by atoms with E-state index in [1.165, 1.54) is 24.4 Å². The van der Waals surface area contributed by atoms with Crippen LogP contribution >= 0.6 is 0 Å². The zero-order valence-corrected chi connectivity index (χ0v) is 12.9. The lowest BCUT2D eigenvalue weighted by Crippen LogP contribution is -1.99. The van der Waals surface area contributed by atoms with Gasteiger partial charge in [-0.2, -0.15) is 0 Å². The number of aryl methyl sites for hydroxylation is 1. The van der Waals surface area contributed by atoms with Crippen LogP contribution in [0.15, 0.2) is 54.7 Å². The number of nitrogens with zero attached hydrogens (tertiary/aromatic N) is 1. The van der Waals surface area contributed by atoms with E-state index in [4.69, 9.17) is 0 Å². The van der Waals surface area contributed by atoms with E-state index >= 15 is 0 Å². The average molecular weight is 311 g/mol. The van der Waals surface area contributed by atoms with E-state index in [1.54, 1.807) is 25.2 Å². The summed E-state index contributed by atoms with van der Waals surface area (Å²) < 4.78 is 0. The summed E-state index contributed by atoms with van der Waals surface area (Å²) in [5, 5.41) is 16.7. The van der Waals surface area contributed by atoms with E-state index in [0.717, 1.165) is 5.56 Å². The molecule has 2 rings (SSSR count). The van der Waals surface area contributed by atoms with Crippen LogP contribution in [0.4, 0.5) is 17.1 Å². The summed E-state index contributed by atoms with van der Waals surface area (Å²) in [4.78, 5) is 22.4. The average Bonchev–Trinajstić information content (AvgIpc) is 2.55. The summed E-state index contributed by atoms with van der Waals surface area (Å²) in [5.41, 5.74) is 2.86. The van der Waals surface area contributed by atoms with Crippen molar-refractivity contribution < 1.29 is 9.72 Å². The first-order chi connectivity index (χ1) is 11.0. The first kappa shape index (κ1) is 16.2. The lowest BCUT2D eigenvalue weighted by molar-refractivity contribution is -0.384. The predicted octanol–water partition coefficient (Wildman–Crippen LogP) is 3.75. The summed E-state index contributed by atoms with van der Waals surface area (Å²) >= 11 is 0. The molecule has 0 unspecified atom stereocenters. The highest BCUT2D eigenvalue weighted by molar-refractivity contribution is 6.04. The largest absolute Gasteiger partial charge is 0.386 e. The van der Waals surface area contributed by atoms with Crippen LogP contribution in [0.2, 0.25) is 0 Å². The zero-order valence-electron chi connectivity index (χ0n) is 12.9. The van der Waals surface area contributed by atoms with E-state index in [2.05, 4.69) is 10.6 Å². The van der Waals surface area contributed by atoms with E-state index in [0.29, 0.717) is 16.9 Å². The van der Waals surface area contributed by atoms with E-state index in [-0.39, 0.29) is 11.5 Å². The number of anilines is 2. The number of hydrogen-bond donors (Lipinski definition) is 2. The van der Waals surface area contributed by atoms with Gasteiger partial charge in [0.15, 0.2) is 5.78 Å². The zero-order chi connectivity index (χ0) is 16.8. The summed E-state index contributed by atoms with van der Waals surface area (Å²) in [6, 6.07) is 11.7. The van der Waals surface area contributed by atoms with E-state index in [9.17, 15) is 14.9 Å². The molecule has 0 heterocycles. The molecule has 0 spiro atoms. The Balaban J connectivity index is 2.13. The third-order valence-corrected chi connectivity index (χ3v) is 3.29. The molecule has 0 aliphatic rings. The summed E-state index contributed by atoms with van der Waals surface area (Å²) in [5.74, 6) is -0.145. The van der Waals surface area contributed by atoms with Gasteiger partial charge < -0.3 is 10.6 Å². The Morgan fingerprint density at radius 2 is 1.83 bits per heavy atom. The number of ketones is 1. The molecule has 0 fully saturated rings. The maximum Gasteiger partial charge on any atom is 0.271 e. The molecular weight excluding hydrogens is 294 g/mol. The van der Waals surface area contributed by atoms with Gasteiger partial charge in [-0.05, 0) is 13.0 Å².